The molecule has 1 aliphatic heterocycles. The van der Waals surface area contributed by atoms with Crippen LogP contribution in [0, 0.1) is 5.92 Å². The summed E-state index contributed by atoms with van der Waals surface area (Å²) in [6.45, 7) is 3.87. The molecule has 21 heavy (non-hydrogen) atoms. The van der Waals surface area contributed by atoms with Crippen molar-refractivity contribution >= 4 is 21.6 Å². The fraction of sp³-hybridized carbons (Fsp3) is 0.500. The zero-order valence-electron chi connectivity index (χ0n) is 12.1. The molecule has 2 N–H and O–H groups in total. The SMILES string of the molecule is CC(=O)Nc1ccc(S(=O)(=O)N2CCC(O)C(C)C2)cc1. The number of carbonyl (C=O) groups excluding carboxylic acids is 1. The monoisotopic (exact) mass is 312 g/mol. The number of piperidine rings is 1. The molecule has 0 saturated carbocycles. The highest BCUT2D eigenvalue weighted by molar-refractivity contribution is 7.89. The van der Waals surface area contributed by atoms with Gasteiger partial charge >= 0.3 is 0 Å². The van der Waals surface area contributed by atoms with Gasteiger partial charge in [0.05, 0.1) is 11.0 Å². The van der Waals surface area contributed by atoms with Crippen LogP contribution in [0.4, 0.5) is 5.69 Å². The van der Waals surface area contributed by atoms with Crippen molar-refractivity contribution in [2.75, 3.05) is 18.4 Å². The molecule has 1 saturated heterocycles. The third-order valence-corrected chi connectivity index (χ3v) is 5.51. The first-order valence-electron chi connectivity index (χ1n) is 6.86. The lowest BCUT2D eigenvalue weighted by molar-refractivity contribution is -0.114. The Kier molecular flexibility index (Phi) is 4.65. The maximum absolute atomic E-state index is 12.5. The van der Waals surface area contributed by atoms with Gasteiger partial charge in [0.25, 0.3) is 0 Å². The van der Waals surface area contributed by atoms with Crippen LogP contribution in [0.15, 0.2) is 29.2 Å². The summed E-state index contributed by atoms with van der Waals surface area (Å²) in [4.78, 5) is 11.1. The minimum atomic E-state index is -3.55. The van der Waals surface area contributed by atoms with E-state index in [1.54, 1.807) is 12.1 Å². The molecule has 1 amide bonds. The standard InChI is InChI=1S/C14H20N2O4S/c1-10-9-16(8-7-14(10)18)21(19,20)13-5-3-12(4-6-13)15-11(2)17/h3-6,10,14,18H,7-9H2,1-2H3,(H,15,17). The molecule has 0 aliphatic carbocycles. The van der Waals surface area contributed by atoms with E-state index in [-0.39, 0.29) is 16.7 Å². The predicted octanol–water partition coefficient (Wildman–Crippen LogP) is 1.04. The molecule has 7 heteroatoms. The fourth-order valence-corrected chi connectivity index (χ4v) is 3.93. The van der Waals surface area contributed by atoms with Gasteiger partial charge in [-0.25, -0.2) is 8.42 Å². The molecule has 1 aromatic rings. The van der Waals surface area contributed by atoms with Crippen molar-refractivity contribution in [3.8, 4) is 0 Å². The van der Waals surface area contributed by atoms with E-state index in [0.717, 1.165) is 0 Å². The first-order chi connectivity index (χ1) is 9.80. The topological polar surface area (TPSA) is 86.7 Å². The van der Waals surface area contributed by atoms with E-state index in [1.165, 1.54) is 23.4 Å². The van der Waals surface area contributed by atoms with E-state index in [9.17, 15) is 18.3 Å². The highest BCUT2D eigenvalue weighted by atomic mass is 32.2. The van der Waals surface area contributed by atoms with Crippen LogP contribution in [0.1, 0.15) is 20.3 Å². The van der Waals surface area contributed by atoms with E-state index >= 15 is 0 Å². The lowest BCUT2D eigenvalue weighted by atomic mass is 9.99. The number of amides is 1. The summed E-state index contributed by atoms with van der Waals surface area (Å²) < 4.78 is 26.5. The second-order valence-electron chi connectivity index (χ2n) is 5.40. The smallest absolute Gasteiger partial charge is 0.243 e. The molecule has 0 aromatic heterocycles. The minimum Gasteiger partial charge on any atom is -0.393 e. The summed E-state index contributed by atoms with van der Waals surface area (Å²) >= 11 is 0. The third kappa shape index (κ3) is 3.61. The summed E-state index contributed by atoms with van der Waals surface area (Å²) in [6.07, 6.45) is 0.00303. The first kappa shape index (κ1) is 15.9. The Morgan fingerprint density at radius 3 is 2.48 bits per heavy atom. The van der Waals surface area contributed by atoms with Crippen molar-refractivity contribution in [2.45, 2.75) is 31.3 Å². The number of hydrogen-bond acceptors (Lipinski definition) is 4. The average Bonchev–Trinajstić information content (AvgIpc) is 2.41. The van der Waals surface area contributed by atoms with Gasteiger partial charge in [0.15, 0.2) is 0 Å². The Morgan fingerprint density at radius 1 is 1.33 bits per heavy atom. The zero-order valence-corrected chi connectivity index (χ0v) is 12.9. The molecule has 1 heterocycles. The van der Waals surface area contributed by atoms with Gasteiger partial charge in [0, 0.05) is 25.7 Å². The highest BCUT2D eigenvalue weighted by Crippen LogP contribution is 2.24. The number of nitrogens with zero attached hydrogens (tertiary/aromatic N) is 1. The van der Waals surface area contributed by atoms with Crippen LogP contribution in [0.2, 0.25) is 0 Å². The number of sulfonamides is 1. The summed E-state index contributed by atoms with van der Waals surface area (Å²) in [5, 5.41) is 12.3. The second-order valence-corrected chi connectivity index (χ2v) is 7.34. The molecule has 0 spiro atoms. The van der Waals surface area contributed by atoms with E-state index in [1.807, 2.05) is 6.92 Å². The Labute approximate surface area is 124 Å². The number of benzene rings is 1. The Bertz CT molecular complexity index is 612. The normalized spacial score (nSPS) is 23.8. The lowest BCUT2D eigenvalue weighted by Gasteiger charge is -2.33. The zero-order chi connectivity index (χ0) is 15.6. The van der Waals surface area contributed by atoms with Gasteiger partial charge < -0.3 is 10.4 Å². The van der Waals surface area contributed by atoms with Crippen molar-refractivity contribution in [1.29, 1.82) is 0 Å². The van der Waals surface area contributed by atoms with Gasteiger partial charge in [0.2, 0.25) is 15.9 Å². The highest BCUT2D eigenvalue weighted by Gasteiger charge is 2.32. The van der Waals surface area contributed by atoms with Gasteiger partial charge in [-0.05, 0) is 36.6 Å². The van der Waals surface area contributed by atoms with Gasteiger partial charge in [-0.15, -0.1) is 0 Å². The largest absolute Gasteiger partial charge is 0.393 e. The molecule has 2 rings (SSSR count). The fourth-order valence-electron chi connectivity index (χ4n) is 2.38. The van der Waals surface area contributed by atoms with Crippen LogP contribution in [-0.4, -0.2) is 42.9 Å². The van der Waals surface area contributed by atoms with E-state index in [0.29, 0.717) is 25.2 Å². The molecule has 1 aliphatic rings. The van der Waals surface area contributed by atoms with E-state index in [4.69, 9.17) is 0 Å². The Hall–Kier alpha value is -1.44. The molecular weight excluding hydrogens is 292 g/mol. The number of aliphatic hydroxyl groups excluding tert-OH is 1. The van der Waals surface area contributed by atoms with Crippen molar-refractivity contribution in [2.24, 2.45) is 5.92 Å². The first-order valence-corrected chi connectivity index (χ1v) is 8.30. The molecule has 116 valence electrons. The van der Waals surface area contributed by atoms with E-state index < -0.39 is 16.1 Å². The molecule has 2 atom stereocenters. The summed E-state index contributed by atoms with van der Waals surface area (Å²) in [5.74, 6) is -0.281. The summed E-state index contributed by atoms with van der Waals surface area (Å²) in [7, 11) is -3.55. The van der Waals surface area contributed by atoms with Gasteiger partial charge in [-0.2, -0.15) is 4.31 Å². The van der Waals surface area contributed by atoms with Crippen LogP contribution in [0.3, 0.4) is 0 Å². The molecule has 6 nitrogen and oxygen atoms in total. The molecule has 1 aromatic carbocycles. The van der Waals surface area contributed by atoms with Crippen LogP contribution in [-0.2, 0) is 14.8 Å². The van der Waals surface area contributed by atoms with E-state index in [2.05, 4.69) is 5.32 Å². The molecule has 2 unspecified atom stereocenters. The minimum absolute atomic E-state index is 0.0767. The number of rotatable bonds is 3. The average molecular weight is 312 g/mol. The maximum Gasteiger partial charge on any atom is 0.243 e. The Balaban J connectivity index is 2.18. The number of carbonyl (C=O) groups is 1. The number of hydrogen-bond donors (Lipinski definition) is 2. The molecule has 0 radical (unpaired) electrons. The summed E-state index contributed by atoms with van der Waals surface area (Å²) in [5.41, 5.74) is 0.559. The van der Waals surface area contributed by atoms with Crippen LogP contribution < -0.4 is 5.32 Å². The number of aliphatic hydroxyl groups is 1. The van der Waals surface area contributed by atoms with Crippen LogP contribution >= 0.6 is 0 Å². The van der Waals surface area contributed by atoms with Gasteiger partial charge in [-0.3, -0.25) is 4.79 Å². The predicted molar refractivity (Wildman–Crippen MR) is 79.3 cm³/mol. The maximum atomic E-state index is 12.5. The lowest BCUT2D eigenvalue weighted by Crippen LogP contribution is -2.44. The van der Waals surface area contributed by atoms with Crippen molar-refractivity contribution in [1.82, 2.24) is 4.31 Å². The van der Waals surface area contributed by atoms with Crippen molar-refractivity contribution in [3.63, 3.8) is 0 Å². The third-order valence-electron chi connectivity index (χ3n) is 3.64. The molecular formula is C14H20N2O4S. The van der Waals surface area contributed by atoms with Crippen molar-refractivity contribution in [3.05, 3.63) is 24.3 Å². The second kappa shape index (κ2) is 6.13. The molecule has 0 bridgehead atoms. The van der Waals surface area contributed by atoms with Crippen LogP contribution in [0.5, 0.6) is 0 Å². The quantitative estimate of drug-likeness (QED) is 0.873. The number of nitrogens with one attached hydrogen (secondary N) is 1. The van der Waals surface area contributed by atoms with Gasteiger partial charge in [-0.1, -0.05) is 6.92 Å². The van der Waals surface area contributed by atoms with Crippen molar-refractivity contribution < 1.29 is 18.3 Å². The van der Waals surface area contributed by atoms with Crippen LogP contribution in [0.25, 0.3) is 0 Å². The number of anilines is 1. The Morgan fingerprint density at radius 2 is 1.95 bits per heavy atom. The summed E-state index contributed by atoms with van der Waals surface area (Å²) in [6, 6.07) is 6.10. The molecule has 1 fully saturated rings. The van der Waals surface area contributed by atoms with Gasteiger partial charge in [0.1, 0.15) is 0 Å².